The Kier molecular flexibility index (Phi) is 4.24. The monoisotopic (exact) mass is 429 g/mol. The maximum Gasteiger partial charge on any atom is 0.327 e. The van der Waals surface area contributed by atoms with Crippen LogP contribution in [0.2, 0.25) is 5.02 Å². The fourth-order valence-corrected chi connectivity index (χ4v) is 2.93. The molecule has 2 aromatic heterocycles. The molecule has 10 nitrogen and oxygen atoms in total. The molecule has 1 saturated carbocycles. The normalized spacial score (nSPS) is 17.3. The number of hydrogen-bond donors (Lipinski definition) is 3. The number of amides is 3. The van der Waals surface area contributed by atoms with Crippen LogP contribution in [0.5, 0.6) is 11.8 Å². The summed E-state index contributed by atoms with van der Waals surface area (Å²) in [4.78, 5) is 31.8. The first-order chi connectivity index (χ1) is 14.5. The number of ether oxygens (including phenoxy) is 1. The van der Waals surface area contributed by atoms with Gasteiger partial charge in [-0.15, -0.1) is 0 Å². The minimum absolute atomic E-state index is 0.0311. The molecule has 1 aliphatic carbocycles. The van der Waals surface area contributed by atoms with Crippen molar-refractivity contribution in [3.63, 3.8) is 0 Å². The van der Waals surface area contributed by atoms with Gasteiger partial charge in [-0.2, -0.15) is 19.6 Å². The zero-order valence-electron chi connectivity index (χ0n) is 15.1. The standard InChI is InChI=1S/C18H13ClFN7O3/c19-11-4-3-10(6-12(11)20)30-18-24-14-8(5-13-15(28)25-17(29)23-13)7-21-27(14)16(26-18)22-9-1-2-9/h3-7,9H,1-2H2,(H,22,24,26)(H2,23,25,28,29)/b13-5-. The van der Waals surface area contributed by atoms with Gasteiger partial charge in [0.15, 0.2) is 5.65 Å². The third kappa shape index (κ3) is 3.50. The number of nitrogens with one attached hydrogen (secondary N) is 3. The summed E-state index contributed by atoms with van der Waals surface area (Å²) in [6.07, 6.45) is 4.92. The van der Waals surface area contributed by atoms with Crippen LogP contribution in [-0.4, -0.2) is 37.6 Å². The Morgan fingerprint density at radius 1 is 1.27 bits per heavy atom. The first-order valence-corrected chi connectivity index (χ1v) is 9.33. The maximum absolute atomic E-state index is 13.7. The molecule has 30 heavy (non-hydrogen) atoms. The Bertz CT molecular complexity index is 1240. The van der Waals surface area contributed by atoms with Crippen LogP contribution in [0.25, 0.3) is 11.7 Å². The zero-order valence-corrected chi connectivity index (χ0v) is 15.9. The largest absolute Gasteiger partial charge is 0.424 e. The summed E-state index contributed by atoms with van der Waals surface area (Å²) in [6, 6.07) is 3.58. The number of benzene rings is 1. The number of nitrogens with zero attached hydrogens (tertiary/aromatic N) is 4. The van der Waals surface area contributed by atoms with Crippen molar-refractivity contribution in [2.75, 3.05) is 5.32 Å². The van der Waals surface area contributed by atoms with E-state index in [9.17, 15) is 14.0 Å². The van der Waals surface area contributed by atoms with Crippen molar-refractivity contribution in [2.24, 2.45) is 0 Å². The molecular weight excluding hydrogens is 417 g/mol. The van der Waals surface area contributed by atoms with Gasteiger partial charge in [-0.25, -0.2) is 9.18 Å². The Morgan fingerprint density at radius 2 is 2.10 bits per heavy atom. The van der Waals surface area contributed by atoms with Crippen LogP contribution in [0.4, 0.5) is 15.1 Å². The predicted molar refractivity (Wildman–Crippen MR) is 104 cm³/mol. The Morgan fingerprint density at radius 3 is 2.80 bits per heavy atom. The molecule has 0 radical (unpaired) electrons. The van der Waals surface area contributed by atoms with Crippen LogP contribution < -0.4 is 20.7 Å². The van der Waals surface area contributed by atoms with E-state index in [2.05, 4.69) is 31.0 Å². The highest BCUT2D eigenvalue weighted by Gasteiger charge is 2.26. The van der Waals surface area contributed by atoms with Gasteiger partial charge < -0.3 is 15.4 Å². The number of halogens is 2. The van der Waals surface area contributed by atoms with Gasteiger partial charge in [0.25, 0.3) is 5.91 Å². The second-order valence-electron chi connectivity index (χ2n) is 6.73. The molecule has 3 amide bonds. The average Bonchev–Trinajstić information content (AvgIpc) is 3.34. The van der Waals surface area contributed by atoms with Crippen molar-refractivity contribution < 1.29 is 18.7 Å². The highest BCUT2D eigenvalue weighted by Crippen LogP contribution is 2.28. The van der Waals surface area contributed by atoms with Gasteiger partial charge in [0.2, 0.25) is 5.95 Å². The van der Waals surface area contributed by atoms with E-state index in [1.165, 1.54) is 28.9 Å². The average molecular weight is 430 g/mol. The molecule has 12 heteroatoms. The number of urea groups is 1. The van der Waals surface area contributed by atoms with Crippen molar-refractivity contribution in [2.45, 2.75) is 18.9 Å². The fraction of sp³-hybridized carbons (Fsp3) is 0.167. The summed E-state index contributed by atoms with van der Waals surface area (Å²) in [5.74, 6) is -0.640. The first kappa shape index (κ1) is 18.3. The van der Waals surface area contributed by atoms with Crippen LogP contribution in [0, 0.1) is 5.82 Å². The lowest BCUT2D eigenvalue weighted by molar-refractivity contribution is -0.115. The van der Waals surface area contributed by atoms with E-state index in [-0.39, 0.29) is 28.5 Å². The van der Waals surface area contributed by atoms with Crippen LogP contribution in [-0.2, 0) is 4.79 Å². The molecule has 1 saturated heterocycles. The van der Waals surface area contributed by atoms with Gasteiger partial charge in [-0.3, -0.25) is 10.1 Å². The van der Waals surface area contributed by atoms with Crippen LogP contribution >= 0.6 is 11.6 Å². The Hall–Kier alpha value is -3.73. The molecule has 0 atom stereocenters. The van der Waals surface area contributed by atoms with E-state index in [1.54, 1.807) is 0 Å². The van der Waals surface area contributed by atoms with Crippen molar-refractivity contribution in [1.29, 1.82) is 0 Å². The van der Waals surface area contributed by atoms with Gasteiger partial charge in [-0.05, 0) is 31.1 Å². The molecule has 0 unspecified atom stereocenters. The molecule has 2 aliphatic rings. The molecule has 3 N–H and O–H groups in total. The summed E-state index contributed by atoms with van der Waals surface area (Å²) in [6.45, 7) is 0. The van der Waals surface area contributed by atoms with Gasteiger partial charge >= 0.3 is 12.0 Å². The third-order valence-corrected chi connectivity index (χ3v) is 4.71. The molecule has 1 aliphatic heterocycles. The predicted octanol–water partition coefficient (Wildman–Crippen LogP) is 2.46. The van der Waals surface area contributed by atoms with Crippen LogP contribution in [0.3, 0.4) is 0 Å². The van der Waals surface area contributed by atoms with Crippen molar-refractivity contribution in [3.8, 4) is 11.8 Å². The Labute approximate surface area is 173 Å². The summed E-state index contributed by atoms with van der Waals surface area (Å²) in [5, 5.41) is 12.0. The van der Waals surface area contributed by atoms with Crippen LogP contribution in [0.1, 0.15) is 18.4 Å². The minimum Gasteiger partial charge on any atom is -0.424 e. The van der Waals surface area contributed by atoms with Crippen molar-refractivity contribution >= 4 is 41.2 Å². The highest BCUT2D eigenvalue weighted by atomic mass is 35.5. The number of carbonyl (C=O) groups excluding carboxylic acids is 2. The number of hydrogen-bond acceptors (Lipinski definition) is 7. The van der Waals surface area contributed by atoms with E-state index in [0.29, 0.717) is 17.2 Å². The highest BCUT2D eigenvalue weighted by molar-refractivity contribution is 6.30. The van der Waals surface area contributed by atoms with Gasteiger partial charge in [0, 0.05) is 17.7 Å². The smallest absolute Gasteiger partial charge is 0.327 e. The molecule has 0 spiro atoms. The molecule has 1 aromatic carbocycles. The lowest BCUT2D eigenvalue weighted by atomic mass is 10.2. The summed E-state index contributed by atoms with van der Waals surface area (Å²) < 4.78 is 20.8. The lowest BCUT2D eigenvalue weighted by Crippen LogP contribution is -2.22. The van der Waals surface area contributed by atoms with Crippen molar-refractivity contribution in [3.05, 3.63) is 46.5 Å². The van der Waals surface area contributed by atoms with Crippen LogP contribution in [0.15, 0.2) is 30.1 Å². The number of carbonyl (C=O) groups is 2. The summed E-state index contributed by atoms with van der Waals surface area (Å²) in [7, 11) is 0. The number of imide groups is 1. The van der Waals surface area contributed by atoms with Crippen molar-refractivity contribution in [1.82, 2.24) is 30.2 Å². The molecule has 3 aromatic rings. The van der Waals surface area contributed by atoms with E-state index in [4.69, 9.17) is 16.3 Å². The van der Waals surface area contributed by atoms with Gasteiger partial charge in [-0.1, -0.05) is 11.6 Å². The number of aromatic nitrogens is 4. The lowest BCUT2D eigenvalue weighted by Gasteiger charge is -2.09. The molecule has 3 heterocycles. The minimum atomic E-state index is -0.635. The molecule has 0 bridgehead atoms. The fourth-order valence-electron chi connectivity index (χ4n) is 2.81. The van der Waals surface area contributed by atoms with E-state index in [1.807, 2.05) is 0 Å². The topological polar surface area (TPSA) is 123 Å². The molecule has 2 fully saturated rings. The molecule has 152 valence electrons. The molecule has 5 rings (SSSR count). The maximum atomic E-state index is 13.7. The first-order valence-electron chi connectivity index (χ1n) is 8.95. The number of rotatable bonds is 5. The second-order valence-corrected chi connectivity index (χ2v) is 7.14. The van der Waals surface area contributed by atoms with Gasteiger partial charge in [0.05, 0.1) is 11.2 Å². The molecular formula is C18H13ClFN7O3. The third-order valence-electron chi connectivity index (χ3n) is 4.41. The quantitative estimate of drug-likeness (QED) is 0.420. The van der Waals surface area contributed by atoms with Gasteiger partial charge in [0.1, 0.15) is 17.3 Å². The zero-order chi connectivity index (χ0) is 20.8. The SMILES string of the molecule is O=C1NC(=O)/C(=C/c2cnn3c(NC4CC4)nc(Oc4ccc(Cl)c(F)c4)nc23)N1. The van der Waals surface area contributed by atoms with E-state index in [0.717, 1.165) is 18.9 Å². The second kappa shape index (κ2) is 6.95. The number of anilines is 1. The number of fused-ring (bicyclic) bond motifs is 1. The van der Waals surface area contributed by atoms with E-state index < -0.39 is 17.8 Å². The summed E-state index contributed by atoms with van der Waals surface area (Å²) >= 11 is 5.71. The van der Waals surface area contributed by atoms with E-state index >= 15 is 0 Å². The summed E-state index contributed by atoms with van der Waals surface area (Å²) in [5.41, 5.74) is 0.849. The Balaban J connectivity index is 1.57.